The Balaban J connectivity index is 1.36. The van der Waals surface area contributed by atoms with Gasteiger partial charge in [0.2, 0.25) is 0 Å². The van der Waals surface area contributed by atoms with E-state index < -0.39 is 0 Å². The van der Waals surface area contributed by atoms with E-state index in [0.29, 0.717) is 17.6 Å². The minimum atomic E-state index is 0.245. The quantitative estimate of drug-likeness (QED) is 0.835. The fourth-order valence-corrected chi connectivity index (χ4v) is 5.70. The van der Waals surface area contributed by atoms with Crippen molar-refractivity contribution in [1.29, 1.82) is 0 Å². The predicted octanol–water partition coefficient (Wildman–Crippen LogP) is 4.08. The van der Waals surface area contributed by atoms with Gasteiger partial charge in [-0.05, 0) is 54.1 Å². The van der Waals surface area contributed by atoms with Crippen molar-refractivity contribution in [3.8, 4) is 0 Å². The number of hydrogen-bond acceptors (Lipinski definition) is 2. The molecule has 2 nitrogen and oxygen atoms in total. The summed E-state index contributed by atoms with van der Waals surface area (Å²) in [6.07, 6.45) is 5.83. The molecule has 1 aromatic carbocycles. The fraction of sp³-hybridized carbons (Fsp3) is 0.667. The van der Waals surface area contributed by atoms with Gasteiger partial charge in [0.05, 0.1) is 0 Å². The van der Waals surface area contributed by atoms with E-state index >= 15 is 0 Å². The van der Waals surface area contributed by atoms with Gasteiger partial charge in [-0.25, -0.2) is 0 Å². The molecule has 0 unspecified atom stereocenters. The number of hydrogen-bond donors (Lipinski definition) is 0. The van der Waals surface area contributed by atoms with Crippen LogP contribution in [0.3, 0.4) is 0 Å². The Bertz CT molecular complexity index is 606. The Labute approximate surface area is 140 Å². The third-order valence-electron chi connectivity index (χ3n) is 7.03. The van der Waals surface area contributed by atoms with Gasteiger partial charge in [0, 0.05) is 32.0 Å². The van der Waals surface area contributed by atoms with Gasteiger partial charge in [0.15, 0.2) is 0 Å². The first-order valence-electron chi connectivity index (χ1n) is 9.37. The SMILES string of the molecule is CC1(C)[C@H]2CC[C@@H](C2)[C@@H]1C(=O)CCN1CCc2ccccc2C1. The molecule has 124 valence electrons. The zero-order valence-electron chi connectivity index (χ0n) is 14.6. The van der Waals surface area contributed by atoms with Crippen LogP contribution in [0, 0.1) is 23.2 Å². The van der Waals surface area contributed by atoms with Crippen molar-refractivity contribution < 1.29 is 4.79 Å². The van der Waals surface area contributed by atoms with E-state index in [4.69, 9.17) is 0 Å². The highest BCUT2D eigenvalue weighted by Crippen LogP contribution is 2.59. The van der Waals surface area contributed by atoms with Crippen molar-refractivity contribution >= 4 is 5.78 Å². The molecule has 0 radical (unpaired) electrons. The second kappa shape index (κ2) is 5.73. The van der Waals surface area contributed by atoms with Gasteiger partial charge in [-0.15, -0.1) is 0 Å². The fourth-order valence-electron chi connectivity index (χ4n) is 5.70. The maximum atomic E-state index is 12.9. The number of carbonyl (C=O) groups excluding carboxylic acids is 1. The van der Waals surface area contributed by atoms with Crippen LogP contribution in [0.25, 0.3) is 0 Å². The molecule has 0 aromatic heterocycles. The molecule has 0 spiro atoms. The summed E-state index contributed by atoms with van der Waals surface area (Å²) in [6, 6.07) is 8.75. The zero-order valence-corrected chi connectivity index (χ0v) is 14.6. The van der Waals surface area contributed by atoms with E-state index in [1.807, 2.05) is 0 Å². The lowest BCUT2D eigenvalue weighted by atomic mass is 9.66. The highest BCUT2D eigenvalue weighted by molar-refractivity contribution is 5.83. The summed E-state index contributed by atoms with van der Waals surface area (Å²) in [5, 5.41) is 0. The number of ketones is 1. The Morgan fingerprint density at radius 3 is 2.74 bits per heavy atom. The molecular formula is C21H29NO. The summed E-state index contributed by atoms with van der Waals surface area (Å²) in [5.74, 6) is 2.35. The molecule has 23 heavy (non-hydrogen) atoms. The summed E-state index contributed by atoms with van der Waals surface area (Å²) in [5.41, 5.74) is 3.19. The number of benzene rings is 1. The first-order chi connectivity index (χ1) is 11.1. The van der Waals surface area contributed by atoms with Gasteiger partial charge in [0.1, 0.15) is 5.78 Å². The van der Waals surface area contributed by atoms with Crippen LogP contribution in [-0.4, -0.2) is 23.8 Å². The van der Waals surface area contributed by atoms with E-state index in [1.54, 1.807) is 0 Å². The largest absolute Gasteiger partial charge is 0.299 e. The van der Waals surface area contributed by atoms with Gasteiger partial charge in [-0.1, -0.05) is 38.1 Å². The van der Waals surface area contributed by atoms with Gasteiger partial charge >= 0.3 is 0 Å². The van der Waals surface area contributed by atoms with Gasteiger partial charge in [0.25, 0.3) is 0 Å². The molecule has 3 atom stereocenters. The summed E-state index contributed by atoms with van der Waals surface area (Å²) in [7, 11) is 0. The molecule has 2 heteroatoms. The summed E-state index contributed by atoms with van der Waals surface area (Å²) >= 11 is 0. The van der Waals surface area contributed by atoms with E-state index in [-0.39, 0.29) is 5.41 Å². The topological polar surface area (TPSA) is 20.3 Å². The molecule has 1 aliphatic heterocycles. The lowest BCUT2D eigenvalue weighted by molar-refractivity contribution is -0.129. The zero-order chi connectivity index (χ0) is 16.0. The van der Waals surface area contributed by atoms with Crippen LogP contribution in [0.15, 0.2) is 24.3 Å². The minimum Gasteiger partial charge on any atom is -0.299 e. The summed E-state index contributed by atoms with van der Waals surface area (Å²) < 4.78 is 0. The van der Waals surface area contributed by atoms with Crippen LogP contribution < -0.4 is 0 Å². The average molecular weight is 311 g/mol. The second-order valence-electron chi connectivity index (χ2n) is 8.58. The molecule has 2 aliphatic carbocycles. The van der Waals surface area contributed by atoms with E-state index in [1.165, 1.54) is 30.4 Å². The Morgan fingerprint density at radius 1 is 1.22 bits per heavy atom. The predicted molar refractivity (Wildman–Crippen MR) is 93.1 cm³/mol. The van der Waals surface area contributed by atoms with Crippen molar-refractivity contribution in [2.24, 2.45) is 23.2 Å². The number of carbonyl (C=O) groups is 1. The molecule has 2 fully saturated rings. The third kappa shape index (κ3) is 2.65. The number of Topliss-reactive ketones (excluding diaryl/α,β-unsaturated/α-hetero) is 1. The smallest absolute Gasteiger partial charge is 0.138 e. The van der Waals surface area contributed by atoms with Gasteiger partial charge in [-0.3, -0.25) is 9.69 Å². The molecule has 4 rings (SSSR count). The second-order valence-corrected chi connectivity index (χ2v) is 8.58. The average Bonchev–Trinajstić information content (AvgIpc) is 3.11. The third-order valence-corrected chi connectivity index (χ3v) is 7.03. The van der Waals surface area contributed by atoms with Crippen molar-refractivity contribution in [3.05, 3.63) is 35.4 Å². The Morgan fingerprint density at radius 2 is 2.00 bits per heavy atom. The molecule has 2 saturated carbocycles. The lowest BCUT2D eigenvalue weighted by Gasteiger charge is -2.38. The first-order valence-corrected chi connectivity index (χ1v) is 9.37. The number of nitrogens with zero attached hydrogens (tertiary/aromatic N) is 1. The van der Waals surface area contributed by atoms with Crippen molar-refractivity contribution in [1.82, 2.24) is 4.90 Å². The standard InChI is InChI=1S/C21H29NO/c1-21(2)18-8-7-16(13-18)20(21)19(23)10-12-22-11-9-15-5-3-4-6-17(15)14-22/h3-6,16,18,20H,7-14H2,1-2H3/t16-,18-,20+/m0/s1. The van der Waals surface area contributed by atoms with Crippen LogP contribution >= 0.6 is 0 Å². The van der Waals surface area contributed by atoms with Gasteiger partial charge < -0.3 is 0 Å². The highest BCUT2D eigenvalue weighted by Gasteiger charge is 2.54. The van der Waals surface area contributed by atoms with Crippen LogP contribution in [-0.2, 0) is 17.8 Å². The summed E-state index contributed by atoms with van der Waals surface area (Å²) in [4.78, 5) is 15.4. The maximum Gasteiger partial charge on any atom is 0.138 e. The maximum absolute atomic E-state index is 12.9. The first kappa shape index (κ1) is 15.4. The number of fused-ring (bicyclic) bond motifs is 3. The Kier molecular flexibility index (Phi) is 3.84. The van der Waals surface area contributed by atoms with Crippen LogP contribution in [0.4, 0.5) is 0 Å². The molecule has 0 saturated heterocycles. The van der Waals surface area contributed by atoms with Crippen LogP contribution in [0.2, 0.25) is 0 Å². The van der Waals surface area contributed by atoms with Crippen molar-refractivity contribution in [2.75, 3.05) is 13.1 Å². The minimum absolute atomic E-state index is 0.245. The molecule has 0 amide bonds. The van der Waals surface area contributed by atoms with E-state index in [9.17, 15) is 4.79 Å². The van der Waals surface area contributed by atoms with E-state index in [2.05, 4.69) is 43.0 Å². The molecule has 1 heterocycles. The van der Waals surface area contributed by atoms with Crippen molar-refractivity contribution in [2.45, 2.75) is 52.5 Å². The number of rotatable bonds is 4. The highest BCUT2D eigenvalue weighted by atomic mass is 16.1. The molecule has 2 bridgehead atoms. The van der Waals surface area contributed by atoms with Crippen molar-refractivity contribution in [3.63, 3.8) is 0 Å². The molecule has 0 N–H and O–H groups in total. The Hall–Kier alpha value is -1.15. The van der Waals surface area contributed by atoms with Crippen LogP contribution in [0.5, 0.6) is 0 Å². The monoisotopic (exact) mass is 311 g/mol. The molecular weight excluding hydrogens is 282 g/mol. The van der Waals surface area contributed by atoms with E-state index in [0.717, 1.165) is 38.4 Å². The molecule has 1 aromatic rings. The van der Waals surface area contributed by atoms with Crippen LogP contribution in [0.1, 0.15) is 50.7 Å². The normalized spacial score (nSPS) is 32.0. The van der Waals surface area contributed by atoms with Gasteiger partial charge in [-0.2, -0.15) is 0 Å². The molecule has 3 aliphatic rings. The summed E-state index contributed by atoms with van der Waals surface area (Å²) in [6.45, 7) is 7.75. The lowest BCUT2D eigenvalue weighted by Crippen LogP contribution is -2.38.